The van der Waals surface area contributed by atoms with Crippen LogP contribution in [0.25, 0.3) is 22.4 Å². The van der Waals surface area contributed by atoms with E-state index in [1.807, 2.05) is 30.3 Å². The predicted molar refractivity (Wildman–Crippen MR) is 114 cm³/mol. The number of nitrogens with one attached hydrogen (secondary N) is 1. The van der Waals surface area contributed by atoms with Gasteiger partial charge in [0.2, 0.25) is 0 Å². The van der Waals surface area contributed by atoms with Crippen molar-refractivity contribution >= 4 is 34.2 Å². The van der Waals surface area contributed by atoms with Gasteiger partial charge in [-0.25, -0.2) is 4.98 Å². The Hall–Kier alpha value is -2.69. The molecule has 28 heavy (non-hydrogen) atoms. The first-order valence-electron chi connectivity index (χ1n) is 8.75. The fourth-order valence-corrected chi connectivity index (χ4v) is 3.52. The topological polar surface area (TPSA) is 47.1 Å². The minimum atomic E-state index is 0.248. The van der Waals surface area contributed by atoms with Gasteiger partial charge in [0.05, 0.1) is 18.1 Å². The molecule has 0 saturated heterocycles. The zero-order valence-corrected chi connectivity index (χ0v) is 16.9. The standard InChI is InChI=1S/C22H18Cl2N2O2/c1-13-6-8-18-19(10-13)26-22(25-18)14-7-9-20(21(11-14)27-2)28-12-15-16(23)4-3-5-17(15)24/h3-11H,12H2,1-2H3,(H,25,26). The van der Waals surface area contributed by atoms with Gasteiger partial charge in [-0.1, -0.05) is 35.3 Å². The van der Waals surface area contributed by atoms with Gasteiger partial charge in [-0.15, -0.1) is 0 Å². The van der Waals surface area contributed by atoms with Crippen molar-refractivity contribution in [2.24, 2.45) is 0 Å². The number of aromatic amines is 1. The van der Waals surface area contributed by atoms with Gasteiger partial charge < -0.3 is 14.5 Å². The summed E-state index contributed by atoms with van der Waals surface area (Å²) in [5, 5.41) is 1.14. The summed E-state index contributed by atoms with van der Waals surface area (Å²) in [6, 6.07) is 17.2. The summed E-state index contributed by atoms with van der Waals surface area (Å²) in [6.07, 6.45) is 0. The molecule has 0 unspecified atom stereocenters. The number of imidazole rings is 1. The molecular formula is C22H18Cl2N2O2. The van der Waals surface area contributed by atoms with Gasteiger partial charge in [0.25, 0.3) is 0 Å². The SMILES string of the molecule is COc1cc(-c2nc3ccc(C)cc3[nH]2)ccc1OCc1c(Cl)cccc1Cl. The Balaban J connectivity index is 1.62. The number of H-pyrrole nitrogens is 1. The summed E-state index contributed by atoms with van der Waals surface area (Å²) in [6.45, 7) is 2.30. The van der Waals surface area contributed by atoms with Crippen molar-refractivity contribution in [1.82, 2.24) is 9.97 Å². The number of ether oxygens (including phenoxy) is 2. The van der Waals surface area contributed by atoms with E-state index >= 15 is 0 Å². The van der Waals surface area contributed by atoms with Crippen LogP contribution in [0, 0.1) is 6.92 Å². The number of rotatable bonds is 5. The van der Waals surface area contributed by atoms with Crippen LogP contribution in [0.5, 0.6) is 11.5 Å². The molecule has 4 rings (SSSR count). The summed E-state index contributed by atoms with van der Waals surface area (Å²) < 4.78 is 11.4. The van der Waals surface area contributed by atoms with Gasteiger partial charge in [-0.3, -0.25) is 0 Å². The van der Waals surface area contributed by atoms with Gasteiger partial charge in [0.1, 0.15) is 12.4 Å². The van der Waals surface area contributed by atoms with Crippen LogP contribution < -0.4 is 9.47 Å². The normalized spacial score (nSPS) is 11.0. The molecule has 1 aromatic heterocycles. The highest BCUT2D eigenvalue weighted by Crippen LogP contribution is 2.34. The summed E-state index contributed by atoms with van der Waals surface area (Å²) in [5.41, 5.74) is 4.76. The number of benzene rings is 3. The van der Waals surface area contributed by atoms with E-state index in [2.05, 4.69) is 23.0 Å². The third-order valence-corrected chi connectivity index (χ3v) is 5.22. The van der Waals surface area contributed by atoms with Gasteiger partial charge in [-0.2, -0.15) is 0 Å². The fraction of sp³-hybridized carbons (Fsp3) is 0.136. The van der Waals surface area contributed by atoms with Crippen molar-refractivity contribution in [2.75, 3.05) is 7.11 Å². The lowest BCUT2D eigenvalue weighted by Gasteiger charge is -2.13. The molecule has 0 bridgehead atoms. The van der Waals surface area contributed by atoms with Crippen LogP contribution in [0.3, 0.4) is 0 Å². The first-order chi connectivity index (χ1) is 13.5. The average molecular weight is 413 g/mol. The Morgan fingerprint density at radius 3 is 2.50 bits per heavy atom. The highest BCUT2D eigenvalue weighted by Gasteiger charge is 2.12. The van der Waals surface area contributed by atoms with E-state index in [1.165, 1.54) is 5.56 Å². The summed E-state index contributed by atoms with van der Waals surface area (Å²) >= 11 is 12.4. The van der Waals surface area contributed by atoms with Gasteiger partial charge in [-0.05, 0) is 55.0 Å². The average Bonchev–Trinajstić information content (AvgIpc) is 3.10. The molecule has 4 nitrogen and oxygen atoms in total. The summed E-state index contributed by atoms with van der Waals surface area (Å²) in [4.78, 5) is 8.01. The molecule has 0 radical (unpaired) electrons. The molecular weight excluding hydrogens is 395 g/mol. The molecule has 0 aliphatic heterocycles. The quantitative estimate of drug-likeness (QED) is 0.410. The van der Waals surface area contributed by atoms with Crippen molar-refractivity contribution in [1.29, 1.82) is 0 Å². The van der Waals surface area contributed by atoms with E-state index in [9.17, 15) is 0 Å². The Labute approximate surface area is 173 Å². The van der Waals surface area contributed by atoms with Gasteiger partial charge >= 0.3 is 0 Å². The molecule has 0 fully saturated rings. The first kappa shape index (κ1) is 18.7. The lowest BCUT2D eigenvalue weighted by atomic mass is 10.2. The predicted octanol–water partition coefficient (Wildman–Crippen LogP) is 6.43. The third-order valence-electron chi connectivity index (χ3n) is 4.51. The smallest absolute Gasteiger partial charge is 0.161 e. The van der Waals surface area contributed by atoms with E-state index < -0.39 is 0 Å². The first-order valence-corrected chi connectivity index (χ1v) is 9.51. The number of hydrogen-bond acceptors (Lipinski definition) is 3. The van der Waals surface area contributed by atoms with Crippen LogP contribution >= 0.6 is 23.2 Å². The fourth-order valence-electron chi connectivity index (χ4n) is 3.01. The van der Waals surface area contributed by atoms with Crippen LogP contribution in [0.15, 0.2) is 54.6 Å². The molecule has 1 N–H and O–H groups in total. The Morgan fingerprint density at radius 1 is 0.964 bits per heavy atom. The zero-order chi connectivity index (χ0) is 19.7. The minimum Gasteiger partial charge on any atom is -0.493 e. The van der Waals surface area contributed by atoms with Crippen LogP contribution in [0.4, 0.5) is 0 Å². The maximum Gasteiger partial charge on any atom is 0.161 e. The van der Waals surface area contributed by atoms with Crippen molar-refractivity contribution < 1.29 is 9.47 Å². The van der Waals surface area contributed by atoms with Crippen molar-refractivity contribution in [3.8, 4) is 22.9 Å². The van der Waals surface area contributed by atoms with Gasteiger partial charge in [0, 0.05) is 21.2 Å². The molecule has 0 amide bonds. The van der Waals surface area contributed by atoms with Crippen LogP contribution in [0.2, 0.25) is 10.0 Å². The monoisotopic (exact) mass is 412 g/mol. The zero-order valence-electron chi connectivity index (χ0n) is 15.4. The largest absolute Gasteiger partial charge is 0.493 e. The van der Waals surface area contributed by atoms with Crippen LogP contribution in [-0.2, 0) is 6.61 Å². The Bertz CT molecular complexity index is 1130. The highest BCUT2D eigenvalue weighted by atomic mass is 35.5. The van der Waals surface area contributed by atoms with E-state index in [1.54, 1.807) is 25.3 Å². The molecule has 0 saturated carbocycles. The van der Waals surface area contributed by atoms with Crippen molar-refractivity contribution in [3.63, 3.8) is 0 Å². The Morgan fingerprint density at radius 2 is 1.75 bits per heavy atom. The minimum absolute atomic E-state index is 0.248. The maximum atomic E-state index is 6.22. The lowest BCUT2D eigenvalue weighted by Crippen LogP contribution is -1.99. The molecule has 4 aromatic rings. The van der Waals surface area contributed by atoms with Crippen LogP contribution in [-0.4, -0.2) is 17.1 Å². The number of hydrogen-bond donors (Lipinski definition) is 1. The second kappa shape index (κ2) is 7.74. The summed E-state index contributed by atoms with van der Waals surface area (Å²) in [7, 11) is 1.61. The number of aryl methyl sites for hydroxylation is 1. The van der Waals surface area contributed by atoms with Crippen molar-refractivity contribution in [2.45, 2.75) is 13.5 Å². The van der Waals surface area contributed by atoms with E-state index in [0.29, 0.717) is 21.5 Å². The van der Waals surface area contributed by atoms with Gasteiger partial charge in [0.15, 0.2) is 11.5 Å². The second-order valence-electron chi connectivity index (χ2n) is 6.46. The molecule has 142 valence electrons. The number of fused-ring (bicyclic) bond motifs is 1. The molecule has 1 heterocycles. The highest BCUT2D eigenvalue weighted by molar-refractivity contribution is 6.35. The molecule has 0 spiro atoms. The number of halogens is 2. The third kappa shape index (κ3) is 3.66. The second-order valence-corrected chi connectivity index (χ2v) is 7.27. The van der Waals surface area contributed by atoms with E-state index in [0.717, 1.165) is 28.0 Å². The maximum absolute atomic E-state index is 6.22. The molecule has 6 heteroatoms. The van der Waals surface area contributed by atoms with E-state index in [4.69, 9.17) is 32.7 Å². The Kier molecular flexibility index (Phi) is 5.16. The van der Waals surface area contributed by atoms with Crippen LogP contribution in [0.1, 0.15) is 11.1 Å². The lowest BCUT2D eigenvalue weighted by molar-refractivity contribution is 0.285. The number of aromatic nitrogens is 2. The number of nitrogens with zero attached hydrogens (tertiary/aromatic N) is 1. The molecule has 0 atom stereocenters. The molecule has 0 aliphatic carbocycles. The van der Waals surface area contributed by atoms with E-state index in [-0.39, 0.29) is 6.61 Å². The van der Waals surface area contributed by atoms with Crippen molar-refractivity contribution in [3.05, 3.63) is 75.8 Å². The number of methoxy groups -OCH3 is 1. The molecule has 0 aliphatic rings. The molecule has 3 aromatic carbocycles. The summed E-state index contributed by atoms with van der Waals surface area (Å²) in [5.74, 6) is 1.99.